The molecule has 1 saturated heterocycles. The number of rotatable bonds is 6. The summed E-state index contributed by atoms with van der Waals surface area (Å²) in [5.41, 5.74) is -6.32. The zero-order valence-corrected chi connectivity index (χ0v) is 21.6. The lowest BCUT2D eigenvalue weighted by atomic mass is 9.54. The smallest absolute Gasteiger partial charge is 0.209 e. The number of aliphatic hydroxyl groups is 5. The highest BCUT2D eigenvalue weighted by Crippen LogP contribution is 2.68. The van der Waals surface area contributed by atoms with Gasteiger partial charge < -0.3 is 30.3 Å². The molecule has 3 aliphatic rings. The quantitative estimate of drug-likeness (QED) is 0.206. The highest BCUT2D eigenvalue weighted by atomic mass is 16.7. The fourth-order valence-corrected chi connectivity index (χ4v) is 5.99. The molecule has 0 amide bonds. The van der Waals surface area contributed by atoms with Gasteiger partial charge in [-0.3, -0.25) is 9.59 Å². The van der Waals surface area contributed by atoms with Gasteiger partial charge in [-0.2, -0.15) is 0 Å². The molecule has 0 aromatic carbocycles. The first-order valence-electron chi connectivity index (χ1n) is 12.0. The molecule has 0 aromatic rings. The van der Waals surface area contributed by atoms with Gasteiger partial charge in [-0.05, 0) is 54.0 Å². The summed E-state index contributed by atoms with van der Waals surface area (Å²) < 4.78 is 6.01. The molecule has 1 aliphatic heterocycles. The molecule has 5 atom stereocenters. The Balaban J connectivity index is 2.38. The fourth-order valence-electron chi connectivity index (χ4n) is 5.99. The van der Waals surface area contributed by atoms with Crippen molar-refractivity contribution in [2.45, 2.75) is 77.8 Å². The van der Waals surface area contributed by atoms with Crippen LogP contribution in [0.15, 0.2) is 70.5 Å². The maximum Gasteiger partial charge on any atom is 0.209 e. The summed E-state index contributed by atoms with van der Waals surface area (Å²) >= 11 is 0. The Bertz CT molecular complexity index is 1160. The van der Waals surface area contributed by atoms with E-state index in [1.54, 1.807) is 31.2 Å². The van der Waals surface area contributed by atoms with Crippen LogP contribution in [0.4, 0.5) is 0 Å². The highest BCUT2D eigenvalue weighted by Gasteiger charge is 2.80. The molecule has 8 nitrogen and oxygen atoms in total. The Kier molecular flexibility index (Phi) is 7.05. The predicted molar refractivity (Wildman–Crippen MR) is 134 cm³/mol. The van der Waals surface area contributed by atoms with E-state index in [2.05, 4.69) is 0 Å². The average Bonchev–Trinajstić information content (AvgIpc) is 3.01. The van der Waals surface area contributed by atoms with Crippen molar-refractivity contribution < 1.29 is 39.9 Å². The maximum absolute atomic E-state index is 13.5. The minimum Gasteiger partial charge on any atom is -0.511 e. The third-order valence-corrected chi connectivity index (χ3v) is 7.86. The second kappa shape index (κ2) is 9.18. The second-order valence-corrected chi connectivity index (χ2v) is 10.3. The molecule has 0 bridgehead atoms. The van der Waals surface area contributed by atoms with Gasteiger partial charge in [0, 0.05) is 35.5 Å². The molecule has 1 heterocycles. The second-order valence-electron chi connectivity index (χ2n) is 10.3. The molecule has 1 fully saturated rings. The molecule has 0 aromatic heterocycles. The summed E-state index contributed by atoms with van der Waals surface area (Å²) in [4.78, 5) is 26.6. The third kappa shape index (κ3) is 3.62. The summed E-state index contributed by atoms with van der Waals surface area (Å²) in [5, 5.41) is 57.0. The van der Waals surface area contributed by atoms with Crippen LogP contribution in [0.1, 0.15) is 60.8 Å². The number of hydrogen-bond donors (Lipinski definition) is 5. The van der Waals surface area contributed by atoms with Crippen molar-refractivity contribution in [3.8, 4) is 0 Å². The summed E-state index contributed by atoms with van der Waals surface area (Å²) in [6.07, 6.45) is 9.84. The van der Waals surface area contributed by atoms with Gasteiger partial charge in [0.15, 0.2) is 11.6 Å². The number of fused-ring (bicyclic) bond motifs is 3. The lowest BCUT2D eigenvalue weighted by molar-refractivity contribution is -0.330. The molecule has 5 N–H and O–H groups in total. The van der Waals surface area contributed by atoms with Gasteiger partial charge >= 0.3 is 0 Å². The molecule has 0 spiro atoms. The van der Waals surface area contributed by atoms with E-state index in [0.29, 0.717) is 6.42 Å². The lowest BCUT2D eigenvalue weighted by Crippen LogP contribution is -2.65. The summed E-state index contributed by atoms with van der Waals surface area (Å²) in [6.45, 7) is 8.99. The van der Waals surface area contributed by atoms with E-state index < -0.39 is 63.6 Å². The number of carbonyl (C=O) groups excluding carboxylic acids is 2. The molecule has 3 rings (SSSR count). The van der Waals surface area contributed by atoms with Crippen molar-refractivity contribution in [2.75, 3.05) is 0 Å². The van der Waals surface area contributed by atoms with Gasteiger partial charge in [-0.25, -0.2) is 0 Å². The minimum absolute atomic E-state index is 0.0559. The van der Waals surface area contributed by atoms with E-state index in [1.165, 1.54) is 39.8 Å². The molecule has 0 radical (unpaired) electrons. The zero-order chi connectivity index (χ0) is 27.3. The standard InChI is InChI=1S/C28H36O8/c1-7-9-11-13-18(29)17-15-25(4,34)28(35)26(5,24(17)33)22-20(19(30)14-12-10-8-2)21(31)16(3)23(32)27(22,6)36-28/h7-10,12,14,22,30-31,33-35H,11,13,15H2,1-6H3/b9-7+,10-8+,14-12+,20-19?/t22-,25+,26+,27+,28+/m0/s1. The van der Waals surface area contributed by atoms with Gasteiger partial charge in [0.2, 0.25) is 5.79 Å². The van der Waals surface area contributed by atoms with Crippen LogP contribution in [0.3, 0.4) is 0 Å². The van der Waals surface area contributed by atoms with Crippen LogP contribution in [0, 0.1) is 11.3 Å². The van der Waals surface area contributed by atoms with Crippen LogP contribution in [0.5, 0.6) is 0 Å². The van der Waals surface area contributed by atoms with Crippen molar-refractivity contribution in [2.24, 2.45) is 11.3 Å². The zero-order valence-electron chi connectivity index (χ0n) is 21.6. The molecule has 0 saturated carbocycles. The first kappa shape index (κ1) is 27.6. The molecular weight excluding hydrogens is 464 g/mol. The van der Waals surface area contributed by atoms with Crippen molar-refractivity contribution >= 4 is 11.6 Å². The van der Waals surface area contributed by atoms with E-state index in [9.17, 15) is 35.1 Å². The maximum atomic E-state index is 13.5. The number of ketones is 2. The SMILES string of the molecule is C/C=C/C=C/C(O)=C1C(O)=C(C)C(=O)[C@]2(C)O[C@@]3(O)[C@@](C)(C(O)=C(C(=O)CC/C=C/C)C[C@@]3(C)O)[C@H]12. The van der Waals surface area contributed by atoms with E-state index in [-0.39, 0.29) is 23.1 Å². The largest absolute Gasteiger partial charge is 0.511 e. The summed E-state index contributed by atoms with van der Waals surface area (Å²) in [7, 11) is 0. The lowest BCUT2D eigenvalue weighted by Gasteiger charge is -2.51. The van der Waals surface area contributed by atoms with Crippen LogP contribution in [-0.2, 0) is 14.3 Å². The topological polar surface area (TPSA) is 145 Å². The molecule has 0 unspecified atom stereocenters. The fraction of sp³-hybridized carbons (Fsp3) is 0.500. The number of Topliss-reactive ketones (excluding diaryl/α,β-unsaturated/α-hetero) is 2. The van der Waals surface area contributed by atoms with Gasteiger partial charge in [0.1, 0.15) is 28.5 Å². The summed E-state index contributed by atoms with van der Waals surface area (Å²) in [5.74, 6) is -6.48. The molecule has 196 valence electrons. The van der Waals surface area contributed by atoms with E-state index in [4.69, 9.17) is 4.74 Å². The predicted octanol–water partition coefficient (Wildman–Crippen LogP) is 4.34. The van der Waals surface area contributed by atoms with Crippen LogP contribution >= 0.6 is 0 Å². The molecule has 2 aliphatic carbocycles. The minimum atomic E-state index is -2.55. The van der Waals surface area contributed by atoms with Gasteiger partial charge in [-0.15, -0.1) is 0 Å². The van der Waals surface area contributed by atoms with Crippen molar-refractivity contribution in [3.63, 3.8) is 0 Å². The van der Waals surface area contributed by atoms with E-state index in [1.807, 2.05) is 6.92 Å². The van der Waals surface area contributed by atoms with Crippen LogP contribution in [0.2, 0.25) is 0 Å². The van der Waals surface area contributed by atoms with E-state index in [0.717, 1.165) is 0 Å². The van der Waals surface area contributed by atoms with Crippen molar-refractivity contribution in [3.05, 3.63) is 70.5 Å². The van der Waals surface area contributed by atoms with Crippen LogP contribution in [0.25, 0.3) is 0 Å². The van der Waals surface area contributed by atoms with Crippen LogP contribution in [-0.4, -0.2) is 54.1 Å². The summed E-state index contributed by atoms with van der Waals surface area (Å²) in [6, 6.07) is 0. The monoisotopic (exact) mass is 500 g/mol. The highest BCUT2D eigenvalue weighted by molar-refractivity contribution is 6.05. The molecule has 8 heteroatoms. The van der Waals surface area contributed by atoms with E-state index >= 15 is 0 Å². The number of ether oxygens (including phenoxy) is 1. The van der Waals surface area contributed by atoms with Gasteiger partial charge in [0.05, 0.1) is 5.41 Å². The Morgan fingerprint density at radius 1 is 1.11 bits per heavy atom. The number of hydrogen-bond acceptors (Lipinski definition) is 8. The normalized spacial score (nSPS) is 38.4. The third-order valence-electron chi connectivity index (χ3n) is 7.86. The number of allylic oxidation sites excluding steroid dienone is 7. The van der Waals surface area contributed by atoms with Crippen molar-refractivity contribution in [1.82, 2.24) is 0 Å². The Hall–Kier alpha value is -2.94. The van der Waals surface area contributed by atoms with Gasteiger partial charge in [0.25, 0.3) is 0 Å². The van der Waals surface area contributed by atoms with Gasteiger partial charge in [-0.1, -0.05) is 30.4 Å². The van der Waals surface area contributed by atoms with Crippen LogP contribution < -0.4 is 0 Å². The molecule has 36 heavy (non-hydrogen) atoms. The number of carbonyl (C=O) groups is 2. The molecular formula is C28H36O8. The first-order chi connectivity index (χ1) is 16.7. The Labute approximate surface area is 211 Å². The first-order valence-corrected chi connectivity index (χ1v) is 12.0. The average molecular weight is 501 g/mol. The Morgan fingerprint density at radius 2 is 1.75 bits per heavy atom. The number of aliphatic hydroxyl groups excluding tert-OH is 3. The van der Waals surface area contributed by atoms with Crippen molar-refractivity contribution in [1.29, 1.82) is 0 Å². The Morgan fingerprint density at radius 3 is 2.33 bits per heavy atom.